The molecule has 0 saturated heterocycles. The van der Waals surface area contributed by atoms with Crippen LogP contribution in [-0.2, 0) is 10.1 Å². The molecule has 0 rings (SSSR count). The van der Waals surface area contributed by atoms with E-state index in [0.29, 0.717) is 0 Å². The minimum atomic E-state index is -4.15. The predicted molar refractivity (Wildman–Crippen MR) is 58.7 cm³/mol. The standard InChI is InChI=1S/C7H17NO5S.Na.H/c1-7(2,5-9)8-3-6(10)4-14(11,12)13;;/h6,8-10H,3-5H2,1-2H3,(H,11,12,13);;. The van der Waals surface area contributed by atoms with Crippen molar-refractivity contribution in [2.45, 2.75) is 25.5 Å². The molecule has 15 heavy (non-hydrogen) atoms. The molecule has 0 aromatic carbocycles. The van der Waals surface area contributed by atoms with Gasteiger partial charge in [-0.25, -0.2) is 0 Å². The molecule has 0 fully saturated rings. The van der Waals surface area contributed by atoms with Gasteiger partial charge in [-0.2, -0.15) is 8.42 Å². The Kier molecular flexibility index (Phi) is 8.70. The molecule has 1 atom stereocenters. The van der Waals surface area contributed by atoms with Gasteiger partial charge in [0.15, 0.2) is 0 Å². The van der Waals surface area contributed by atoms with Crippen molar-refractivity contribution in [2.24, 2.45) is 0 Å². The van der Waals surface area contributed by atoms with Gasteiger partial charge in [0.05, 0.1) is 12.7 Å². The Morgan fingerprint density at radius 1 is 1.40 bits per heavy atom. The summed E-state index contributed by atoms with van der Waals surface area (Å²) in [7, 11) is -4.15. The Morgan fingerprint density at radius 3 is 2.20 bits per heavy atom. The summed E-state index contributed by atoms with van der Waals surface area (Å²) in [5.74, 6) is -0.707. The van der Waals surface area contributed by atoms with E-state index >= 15 is 0 Å². The first-order valence-corrected chi connectivity index (χ1v) is 5.76. The Hall–Kier alpha value is 0.790. The summed E-state index contributed by atoms with van der Waals surface area (Å²) in [4.78, 5) is 0. The maximum absolute atomic E-state index is 10.4. The quantitative estimate of drug-likeness (QED) is 0.320. The molecule has 6 nitrogen and oxygen atoms in total. The van der Waals surface area contributed by atoms with E-state index in [1.807, 2.05) is 0 Å². The van der Waals surface area contributed by atoms with Crippen molar-refractivity contribution in [1.82, 2.24) is 5.32 Å². The Labute approximate surface area is 112 Å². The van der Waals surface area contributed by atoms with Gasteiger partial charge in [0.1, 0.15) is 5.75 Å². The van der Waals surface area contributed by atoms with E-state index in [1.54, 1.807) is 13.8 Å². The number of hydrogen-bond donors (Lipinski definition) is 4. The fraction of sp³-hybridized carbons (Fsp3) is 1.00. The predicted octanol–water partition coefficient (Wildman–Crippen LogP) is -2.05. The van der Waals surface area contributed by atoms with E-state index in [-0.39, 0.29) is 42.7 Å². The number of aliphatic hydroxyl groups is 2. The Balaban J connectivity index is 0. The molecule has 0 radical (unpaired) electrons. The number of nitrogens with one attached hydrogen (secondary N) is 1. The maximum atomic E-state index is 10.4. The first-order valence-electron chi connectivity index (χ1n) is 4.15. The summed E-state index contributed by atoms with van der Waals surface area (Å²) >= 11 is 0. The molecular formula is C7H18NNaO5S. The molecule has 1 unspecified atom stereocenters. The molecule has 0 aromatic rings. The molecule has 0 heterocycles. The molecule has 0 aliphatic heterocycles. The van der Waals surface area contributed by atoms with Crippen molar-refractivity contribution in [2.75, 3.05) is 18.9 Å². The molecule has 0 aliphatic rings. The van der Waals surface area contributed by atoms with Crippen LogP contribution in [0.5, 0.6) is 0 Å². The summed E-state index contributed by atoms with van der Waals surface area (Å²) in [6, 6.07) is 0. The van der Waals surface area contributed by atoms with Crippen molar-refractivity contribution in [3.63, 3.8) is 0 Å². The first-order chi connectivity index (χ1) is 6.16. The number of hydrogen-bond acceptors (Lipinski definition) is 5. The van der Waals surface area contributed by atoms with Gasteiger partial charge in [-0.05, 0) is 13.8 Å². The van der Waals surface area contributed by atoms with Crippen LogP contribution in [0.15, 0.2) is 0 Å². The zero-order valence-corrected chi connectivity index (χ0v) is 9.08. The van der Waals surface area contributed by atoms with E-state index in [9.17, 15) is 8.42 Å². The van der Waals surface area contributed by atoms with Crippen molar-refractivity contribution in [3.8, 4) is 0 Å². The molecule has 4 N–H and O–H groups in total. The summed E-state index contributed by atoms with van der Waals surface area (Å²) in [5.41, 5.74) is -0.583. The third kappa shape index (κ3) is 11.1. The van der Waals surface area contributed by atoms with E-state index in [0.717, 1.165) is 0 Å². The second kappa shape index (κ2) is 7.18. The molecule has 8 heteroatoms. The Bertz CT molecular complexity index is 267. The summed E-state index contributed by atoms with van der Waals surface area (Å²) < 4.78 is 29.1. The first kappa shape index (κ1) is 18.2. The van der Waals surface area contributed by atoms with Crippen molar-refractivity contribution in [1.29, 1.82) is 0 Å². The van der Waals surface area contributed by atoms with Gasteiger partial charge in [0, 0.05) is 12.1 Å². The average Bonchev–Trinajstić information content (AvgIpc) is 1.98. The number of rotatable bonds is 6. The van der Waals surface area contributed by atoms with Gasteiger partial charge >= 0.3 is 29.6 Å². The van der Waals surface area contributed by atoms with Gasteiger partial charge in [-0.1, -0.05) is 0 Å². The van der Waals surface area contributed by atoms with Crippen LogP contribution in [0.25, 0.3) is 0 Å². The van der Waals surface area contributed by atoms with Gasteiger partial charge < -0.3 is 15.5 Å². The normalized spacial score (nSPS) is 14.5. The second-order valence-electron chi connectivity index (χ2n) is 3.83. The Morgan fingerprint density at radius 2 is 1.87 bits per heavy atom. The van der Waals surface area contributed by atoms with E-state index in [2.05, 4.69) is 5.32 Å². The molecule has 0 spiro atoms. The number of β-amino-alcohol motifs (C(OH)–C–C–N with tert-alkyl or cyclic N) is 1. The third-order valence-corrected chi connectivity index (χ3v) is 2.42. The monoisotopic (exact) mass is 251 g/mol. The van der Waals surface area contributed by atoms with Crippen LogP contribution in [0, 0.1) is 0 Å². The van der Waals surface area contributed by atoms with Crippen LogP contribution in [0.2, 0.25) is 0 Å². The van der Waals surface area contributed by atoms with E-state index in [1.165, 1.54) is 0 Å². The SMILES string of the molecule is CC(C)(CO)NCC(O)CS(=O)(=O)O.[NaH]. The molecular weight excluding hydrogens is 233 g/mol. The molecule has 0 aromatic heterocycles. The molecule has 0 amide bonds. The van der Waals surface area contributed by atoms with Crippen LogP contribution in [0.1, 0.15) is 13.8 Å². The van der Waals surface area contributed by atoms with Gasteiger partial charge in [-0.3, -0.25) is 4.55 Å². The van der Waals surface area contributed by atoms with Gasteiger partial charge in [-0.15, -0.1) is 0 Å². The van der Waals surface area contributed by atoms with Crippen LogP contribution in [-0.4, -0.2) is 83.3 Å². The number of aliphatic hydroxyl groups excluding tert-OH is 2. The van der Waals surface area contributed by atoms with Gasteiger partial charge in [0.25, 0.3) is 10.1 Å². The fourth-order valence-corrected chi connectivity index (χ4v) is 1.36. The van der Waals surface area contributed by atoms with E-state index in [4.69, 9.17) is 14.8 Å². The molecule has 0 aliphatic carbocycles. The van der Waals surface area contributed by atoms with Crippen LogP contribution >= 0.6 is 0 Å². The molecule has 0 bridgehead atoms. The summed E-state index contributed by atoms with van der Waals surface area (Å²) in [6.45, 7) is 3.26. The van der Waals surface area contributed by atoms with Gasteiger partial charge in [0.2, 0.25) is 0 Å². The third-order valence-electron chi connectivity index (χ3n) is 1.61. The second-order valence-corrected chi connectivity index (χ2v) is 5.32. The summed E-state index contributed by atoms with van der Waals surface area (Å²) in [5, 5.41) is 20.7. The van der Waals surface area contributed by atoms with Crippen LogP contribution in [0.3, 0.4) is 0 Å². The van der Waals surface area contributed by atoms with Crippen LogP contribution < -0.4 is 5.32 Å². The topological polar surface area (TPSA) is 107 Å². The summed E-state index contributed by atoms with van der Waals surface area (Å²) in [6.07, 6.45) is -1.18. The zero-order valence-electron chi connectivity index (χ0n) is 8.27. The van der Waals surface area contributed by atoms with Crippen molar-refractivity contribution < 1.29 is 23.2 Å². The minimum absolute atomic E-state index is 0. The van der Waals surface area contributed by atoms with E-state index < -0.39 is 27.5 Å². The zero-order chi connectivity index (χ0) is 11.4. The van der Waals surface area contributed by atoms with Crippen molar-refractivity contribution >= 4 is 39.7 Å². The molecule has 0 saturated carbocycles. The fourth-order valence-electron chi connectivity index (χ4n) is 0.752. The molecule has 88 valence electrons. The van der Waals surface area contributed by atoms with Crippen LogP contribution in [0.4, 0.5) is 0 Å². The average molecular weight is 251 g/mol. The van der Waals surface area contributed by atoms with Crippen molar-refractivity contribution in [3.05, 3.63) is 0 Å².